The zero-order valence-electron chi connectivity index (χ0n) is 37.2. The molecule has 63 heavy (non-hydrogen) atoms. The largest absolute Gasteiger partial charge is 0.508 e. The Balaban J connectivity index is 0.773. The van der Waals surface area contributed by atoms with Gasteiger partial charge in [0.2, 0.25) is 5.91 Å². The van der Waals surface area contributed by atoms with Crippen molar-refractivity contribution in [1.29, 1.82) is 0 Å². The Labute approximate surface area is 369 Å². The first-order valence-corrected chi connectivity index (χ1v) is 23.6. The first kappa shape index (κ1) is 41.9. The molecule has 5 aliphatic rings. The number of halogens is 1. The van der Waals surface area contributed by atoms with Crippen LogP contribution in [-0.4, -0.2) is 118 Å². The summed E-state index contributed by atoms with van der Waals surface area (Å²) >= 11 is 0. The van der Waals surface area contributed by atoms with Crippen LogP contribution in [0.25, 0.3) is 32.9 Å². The standard InChI is InChI=1S/C49H62FN9O4/c1-5-33-9-6-10-34-21-37(60)22-38(43(33)34)45-44(50)46-39(24-51-45)47(58-27-35-11-12-36(28-58)52-35)54-49(53-46)62-19-18-56-16-13-31(14-17-56)20-32-25-57(26-32)41-23-40(63-55-41)42(29(2)3)48(61)59-15-7-8-30(59)4/h6,9-10,21-24,29-32,35-36,42,52,60H,5,7-8,11-20,25-28H2,1-4H3. The van der Waals surface area contributed by atoms with E-state index in [0.717, 1.165) is 119 Å². The minimum Gasteiger partial charge on any atom is -0.508 e. The number of fused-ring (bicyclic) bond motifs is 4. The van der Waals surface area contributed by atoms with Crippen molar-refractivity contribution in [2.24, 2.45) is 17.8 Å². The van der Waals surface area contributed by atoms with Crippen LogP contribution in [0.15, 0.2) is 47.1 Å². The molecule has 5 aromatic rings. The van der Waals surface area contributed by atoms with Crippen LogP contribution in [0, 0.1) is 23.6 Å². The normalized spacial score (nSPS) is 22.8. The molecule has 5 saturated heterocycles. The number of likely N-dealkylation sites (tertiary alicyclic amines) is 2. The van der Waals surface area contributed by atoms with Crippen molar-refractivity contribution in [3.8, 4) is 23.0 Å². The SMILES string of the molecule is CCc1cccc2cc(O)cc(-c3ncc4c(N5CC6CCC(C5)N6)nc(OCCN5CCC(CC6CN(c7cc(C(C(=O)N8CCCC8C)C(C)C)on7)C6)CC5)nc4c3F)c12. The molecule has 13 nitrogen and oxygen atoms in total. The second kappa shape index (κ2) is 17.5. The van der Waals surface area contributed by atoms with E-state index in [2.05, 4.69) is 52.9 Å². The van der Waals surface area contributed by atoms with Gasteiger partial charge in [0.15, 0.2) is 17.4 Å². The fraction of sp³-hybridized carbons (Fsp3) is 0.571. The van der Waals surface area contributed by atoms with Crippen LogP contribution in [0.1, 0.15) is 89.9 Å². The Hall–Kier alpha value is -5.08. The third kappa shape index (κ3) is 8.29. The van der Waals surface area contributed by atoms with Crippen LogP contribution in [0.4, 0.5) is 16.0 Å². The number of rotatable bonds is 13. The summed E-state index contributed by atoms with van der Waals surface area (Å²) in [6.07, 6.45) is 10.3. The number of carbonyl (C=O) groups excluding carboxylic acids is 1. The maximum Gasteiger partial charge on any atom is 0.319 e. The molecule has 0 spiro atoms. The number of ether oxygens (including phenoxy) is 1. The molecule has 0 aliphatic carbocycles. The number of carbonyl (C=O) groups is 1. The van der Waals surface area contributed by atoms with Crippen molar-refractivity contribution in [3.63, 3.8) is 0 Å². The van der Waals surface area contributed by atoms with Gasteiger partial charge in [-0.15, -0.1) is 0 Å². The molecule has 2 N–H and O–H groups in total. The third-order valence-corrected chi connectivity index (χ3v) is 14.7. The van der Waals surface area contributed by atoms with Crippen LogP contribution in [0.5, 0.6) is 11.8 Å². The highest BCUT2D eigenvalue weighted by Gasteiger charge is 2.38. The Morgan fingerprint density at radius 2 is 1.78 bits per heavy atom. The average Bonchev–Trinajstić information content (AvgIpc) is 4.01. The van der Waals surface area contributed by atoms with E-state index in [1.807, 2.05) is 29.2 Å². The van der Waals surface area contributed by atoms with E-state index in [4.69, 9.17) is 24.2 Å². The van der Waals surface area contributed by atoms with Crippen LogP contribution < -0.4 is 19.9 Å². The molecule has 5 aliphatic heterocycles. The Bertz CT molecular complexity index is 2450. The predicted molar refractivity (Wildman–Crippen MR) is 243 cm³/mol. The van der Waals surface area contributed by atoms with Gasteiger partial charge in [0.25, 0.3) is 0 Å². The van der Waals surface area contributed by atoms with Gasteiger partial charge < -0.3 is 34.4 Å². The van der Waals surface area contributed by atoms with Crippen molar-refractivity contribution in [2.75, 3.05) is 68.8 Å². The number of amides is 1. The smallest absolute Gasteiger partial charge is 0.319 e. The molecule has 1 amide bonds. The van der Waals surface area contributed by atoms with Crippen LogP contribution in [0.2, 0.25) is 0 Å². The summed E-state index contributed by atoms with van der Waals surface area (Å²) in [4.78, 5) is 36.9. The quantitative estimate of drug-likeness (QED) is 0.121. The number of phenols is 1. The second-order valence-electron chi connectivity index (χ2n) is 19.4. The Kier molecular flexibility index (Phi) is 11.6. The molecule has 8 heterocycles. The maximum atomic E-state index is 17.0. The summed E-state index contributed by atoms with van der Waals surface area (Å²) in [5, 5.41) is 21.1. The van der Waals surface area contributed by atoms with Crippen molar-refractivity contribution >= 4 is 39.2 Å². The number of piperidine rings is 1. The van der Waals surface area contributed by atoms with E-state index in [0.29, 0.717) is 53.1 Å². The summed E-state index contributed by atoms with van der Waals surface area (Å²) in [6.45, 7) is 15.9. The van der Waals surface area contributed by atoms with Gasteiger partial charge >= 0.3 is 6.01 Å². The monoisotopic (exact) mass is 859 g/mol. The van der Waals surface area contributed by atoms with E-state index < -0.39 is 5.82 Å². The summed E-state index contributed by atoms with van der Waals surface area (Å²) in [7, 11) is 0. The van der Waals surface area contributed by atoms with Crippen molar-refractivity contribution in [3.05, 3.63) is 59.7 Å². The zero-order valence-corrected chi connectivity index (χ0v) is 37.2. The number of hydrogen-bond donors (Lipinski definition) is 2. The molecular weight excluding hydrogens is 798 g/mol. The van der Waals surface area contributed by atoms with Crippen LogP contribution >= 0.6 is 0 Å². The highest BCUT2D eigenvalue weighted by Crippen LogP contribution is 2.40. The number of nitrogens with one attached hydrogen (secondary N) is 1. The number of pyridine rings is 1. The number of aromatic nitrogens is 4. The molecule has 2 aromatic carbocycles. The number of aryl methyl sites for hydroxylation is 1. The number of piperazine rings is 1. The summed E-state index contributed by atoms with van der Waals surface area (Å²) < 4.78 is 29.2. The molecule has 4 unspecified atom stereocenters. The number of hydrogen-bond acceptors (Lipinski definition) is 12. The summed E-state index contributed by atoms with van der Waals surface area (Å²) in [6, 6.07) is 12.4. The first-order chi connectivity index (χ1) is 30.6. The summed E-state index contributed by atoms with van der Waals surface area (Å²) in [5.74, 6) is 3.01. The lowest BCUT2D eigenvalue weighted by molar-refractivity contribution is -0.134. The lowest BCUT2D eigenvalue weighted by Gasteiger charge is -2.42. The van der Waals surface area contributed by atoms with E-state index in [9.17, 15) is 9.90 Å². The minimum absolute atomic E-state index is 0.0595. The van der Waals surface area contributed by atoms with E-state index in [-0.39, 0.29) is 46.8 Å². The van der Waals surface area contributed by atoms with E-state index in [1.165, 1.54) is 6.42 Å². The maximum absolute atomic E-state index is 17.0. The van der Waals surface area contributed by atoms with Gasteiger partial charge in [-0.1, -0.05) is 44.1 Å². The van der Waals surface area contributed by atoms with Crippen LogP contribution in [-0.2, 0) is 11.2 Å². The van der Waals surface area contributed by atoms with Gasteiger partial charge in [-0.05, 0) is 118 Å². The molecular formula is C49H62FN9O4. The molecule has 10 rings (SSSR count). The van der Waals surface area contributed by atoms with E-state index in [1.54, 1.807) is 18.3 Å². The molecule has 3 aromatic heterocycles. The van der Waals surface area contributed by atoms with Gasteiger partial charge in [-0.3, -0.25) is 14.7 Å². The second-order valence-corrected chi connectivity index (χ2v) is 19.4. The molecule has 5 fully saturated rings. The highest BCUT2D eigenvalue weighted by molar-refractivity contribution is 6.01. The van der Waals surface area contributed by atoms with Crippen molar-refractivity contribution < 1.29 is 23.6 Å². The first-order valence-electron chi connectivity index (χ1n) is 23.6. The number of aromatic hydroxyl groups is 1. The number of nitrogens with zero attached hydrogens (tertiary/aromatic N) is 8. The number of anilines is 2. The molecule has 0 radical (unpaired) electrons. The van der Waals surface area contributed by atoms with Gasteiger partial charge in [0.1, 0.15) is 35.3 Å². The summed E-state index contributed by atoms with van der Waals surface area (Å²) in [5.41, 5.74) is 1.93. The van der Waals surface area contributed by atoms with Crippen molar-refractivity contribution in [1.82, 2.24) is 35.2 Å². The van der Waals surface area contributed by atoms with Crippen molar-refractivity contribution in [2.45, 2.75) is 103 Å². The lowest BCUT2D eigenvalue weighted by Crippen LogP contribution is -2.51. The average molecular weight is 860 g/mol. The van der Waals surface area contributed by atoms with Gasteiger partial charge in [0, 0.05) is 75.2 Å². The fourth-order valence-corrected chi connectivity index (χ4v) is 11.3. The van der Waals surface area contributed by atoms with Crippen LogP contribution in [0.3, 0.4) is 0 Å². The molecule has 0 saturated carbocycles. The van der Waals surface area contributed by atoms with Gasteiger partial charge in [-0.2, -0.15) is 9.97 Å². The topological polar surface area (TPSA) is 136 Å². The molecule has 2 bridgehead atoms. The number of benzene rings is 2. The third-order valence-electron chi connectivity index (χ3n) is 14.7. The van der Waals surface area contributed by atoms with Gasteiger partial charge in [-0.25, -0.2) is 4.39 Å². The predicted octanol–water partition coefficient (Wildman–Crippen LogP) is 7.55. The van der Waals surface area contributed by atoms with E-state index >= 15 is 4.39 Å². The molecule has 334 valence electrons. The highest BCUT2D eigenvalue weighted by atomic mass is 19.1. The lowest BCUT2D eigenvalue weighted by atomic mass is 9.83. The molecule has 14 heteroatoms. The zero-order chi connectivity index (χ0) is 43.4. The Morgan fingerprint density at radius 3 is 2.51 bits per heavy atom. The number of phenolic OH excluding ortho intramolecular Hbond substituents is 1. The minimum atomic E-state index is -0.543. The Morgan fingerprint density at radius 1 is 0.984 bits per heavy atom. The fourth-order valence-electron chi connectivity index (χ4n) is 11.3. The molecule has 4 atom stereocenters. The van der Waals surface area contributed by atoms with Gasteiger partial charge in [0.05, 0.1) is 5.39 Å².